The number of nitrogens with zero attached hydrogens (tertiary/aromatic N) is 1. The zero-order valence-electron chi connectivity index (χ0n) is 15.4. The van der Waals surface area contributed by atoms with Crippen LogP contribution in [0.25, 0.3) is 0 Å². The number of hydrogen-bond donors (Lipinski definition) is 2. The molecule has 9 nitrogen and oxygen atoms in total. The maximum Gasteiger partial charge on any atom is 0.310 e. The molecule has 2 N–H and O–H groups in total. The highest BCUT2D eigenvalue weighted by Gasteiger charge is 2.18. The third kappa shape index (κ3) is 5.90. The van der Waals surface area contributed by atoms with Crippen molar-refractivity contribution in [3.05, 3.63) is 63.7 Å². The van der Waals surface area contributed by atoms with Gasteiger partial charge < -0.3 is 15.4 Å². The fourth-order valence-electron chi connectivity index (χ4n) is 2.42. The van der Waals surface area contributed by atoms with Crippen LogP contribution in [-0.2, 0) is 25.5 Å². The summed E-state index contributed by atoms with van der Waals surface area (Å²) in [5.41, 5.74) is 1.60. The van der Waals surface area contributed by atoms with Crippen molar-refractivity contribution in [1.82, 2.24) is 0 Å². The quantitative estimate of drug-likeness (QED) is 0.428. The van der Waals surface area contributed by atoms with Gasteiger partial charge in [0.2, 0.25) is 5.91 Å². The minimum Gasteiger partial charge on any atom is -0.455 e. The number of benzene rings is 2. The van der Waals surface area contributed by atoms with E-state index < -0.39 is 23.4 Å². The van der Waals surface area contributed by atoms with E-state index in [9.17, 15) is 24.5 Å². The Morgan fingerprint density at radius 1 is 1.07 bits per heavy atom. The van der Waals surface area contributed by atoms with Gasteiger partial charge in [0, 0.05) is 18.7 Å². The first-order chi connectivity index (χ1) is 13.3. The summed E-state index contributed by atoms with van der Waals surface area (Å²) in [5, 5.41) is 16.1. The van der Waals surface area contributed by atoms with Crippen LogP contribution in [0.15, 0.2) is 42.5 Å². The van der Waals surface area contributed by atoms with E-state index in [1.54, 1.807) is 37.3 Å². The van der Waals surface area contributed by atoms with E-state index in [0.29, 0.717) is 16.8 Å². The van der Waals surface area contributed by atoms with Gasteiger partial charge in [-0.1, -0.05) is 24.3 Å². The molecule has 0 heterocycles. The van der Waals surface area contributed by atoms with E-state index in [4.69, 9.17) is 4.74 Å². The fraction of sp³-hybridized carbons (Fsp3) is 0.211. The molecule has 0 atom stereocenters. The summed E-state index contributed by atoms with van der Waals surface area (Å²) < 4.78 is 4.92. The highest BCUT2D eigenvalue weighted by Crippen LogP contribution is 2.27. The van der Waals surface area contributed by atoms with Gasteiger partial charge in [-0.3, -0.25) is 24.5 Å². The third-order valence-electron chi connectivity index (χ3n) is 3.70. The van der Waals surface area contributed by atoms with Gasteiger partial charge >= 0.3 is 5.97 Å². The largest absolute Gasteiger partial charge is 0.455 e. The molecule has 0 aliphatic carbocycles. The maximum atomic E-state index is 12.0. The summed E-state index contributed by atoms with van der Waals surface area (Å²) in [6, 6.07) is 11.0. The normalized spacial score (nSPS) is 10.1. The van der Waals surface area contributed by atoms with Crippen LogP contribution in [0.3, 0.4) is 0 Å². The van der Waals surface area contributed by atoms with Crippen molar-refractivity contribution in [2.45, 2.75) is 20.3 Å². The minimum absolute atomic E-state index is 0.0574. The van der Waals surface area contributed by atoms with E-state index in [2.05, 4.69) is 10.6 Å². The Balaban J connectivity index is 1.88. The molecule has 0 bridgehead atoms. The van der Waals surface area contributed by atoms with Crippen LogP contribution in [0.4, 0.5) is 17.1 Å². The third-order valence-corrected chi connectivity index (χ3v) is 3.70. The number of ether oxygens (including phenoxy) is 1. The number of carbonyl (C=O) groups excluding carboxylic acids is 3. The van der Waals surface area contributed by atoms with E-state index in [0.717, 1.165) is 0 Å². The van der Waals surface area contributed by atoms with Gasteiger partial charge in [-0.05, 0) is 30.2 Å². The molecule has 9 heteroatoms. The van der Waals surface area contributed by atoms with Crippen LogP contribution in [0.1, 0.15) is 18.1 Å². The van der Waals surface area contributed by atoms with Crippen molar-refractivity contribution in [2.75, 3.05) is 17.2 Å². The Morgan fingerprint density at radius 3 is 2.36 bits per heavy atom. The molecule has 0 aromatic heterocycles. The second-order valence-electron chi connectivity index (χ2n) is 5.99. The van der Waals surface area contributed by atoms with Gasteiger partial charge in [0.25, 0.3) is 11.6 Å². The van der Waals surface area contributed by atoms with E-state index in [1.807, 2.05) is 0 Å². The summed E-state index contributed by atoms with van der Waals surface area (Å²) in [6.45, 7) is 2.45. The van der Waals surface area contributed by atoms with Crippen LogP contribution in [-0.4, -0.2) is 29.3 Å². The number of nitro groups is 1. The van der Waals surface area contributed by atoms with Crippen LogP contribution < -0.4 is 10.6 Å². The lowest BCUT2D eigenvalue weighted by Gasteiger charge is -2.09. The number of amides is 2. The molecule has 0 aliphatic heterocycles. The molecule has 0 spiro atoms. The molecule has 0 fully saturated rings. The molecule has 0 saturated carbocycles. The Hall–Kier alpha value is -3.75. The lowest BCUT2D eigenvalue weighted by molar-refractivity contribution is -0.384. The monoisotopic (exact) mass is 385 g/mol. The molecule has 0 radical (unpaired) electrons. The first-order valence-corrected chi connectivity index (χ1v) is 8.32. The summed E-state index contributed by atoms with van der Waals surface area (Å²) in [5.74, 6) is -1.50. The van der Waals surface area contributed by atoms with E-state index in [1.165, 1.54) is 19.1 Å². The smallest absolute Gasteiger partial charge is 0.310 e. The molecular weight excluding hydrogens is 366 g/mol. The van der Waals surface area contributed by atoms with Crippen LogP contribution >= 0.6 is 0 Å². The molecule has 2 amide bonds. The van der Waals surface area contributed by atoms with Crippen molar-refractivity contribution in [1.29, 1.82) is 0 Å². The van der Waals surface area contributed by atoms with Crippen molar-refractivity contribution in [3.63, 3.8) is 0 Å². The first kappa shape index (κ1) is 20.6. The average molecular weight is 385 g/mol. The predicted molar refractivity (Wildman–Crippen MR) is 102 cm³/mol. The number of hydrogen-bond acceptors (Lipinski definition) is 6. The molecule has 2 aromatic rings. The number of nitro benzene ring substituents is 1. The minimum atomic E-state index is -0.674. The second-order valence-corrected chi connectivity index (χ2v) is 5.99. The van der Waals surface area contributed by atoms with E-state index in [-0.39, 0.29) is 23.7 Å². The summed E-state index contributed by atoms with van der Waals surface area (Å²) in [6.07, 6.45) is -0.0574. The van der Waals surface area contributed by atoms with Crippen LogP contribution in [0.2, 0.25) is 0 Å². The van der Waals surface area contributed by atoms with Crippen LogP contribution in [0.5, 0.6) is 0 Å². The highest BCUT2D eigenvalue weighted by atomic mass is 16.6. The van der Waals surface area contributed by atoms with Gasteiger partial charge in [0.15, 0.2) is 6.61 Å². The van der Waals surface area contributed by atoms with Gasteiger partial charge in [0.05, 0.1) is 11.3 Å². The number of aryl methyl sites for hydroxylation is 1. The molecule has 0 unspecified atom stereocenters. The Kier molecular flexibility index (Phi) is 6.80. The first-order valence-electron chi connectivity index (χ1n) is 8.32. The Labute approximate surface area is 160 Å². The fourth-order valence-corrected chi connectivity index (χ4v) is 2.42. The topological polar surface area (TPSA) is 128 Å². The summed E-state index contributed by atoms with van der Waals surface area (Å²) in [7, 11) is 0. The van der Waals surface area contributed by atoms with Gasteiger partial charge in [0.1, 0.15) is 5.69 Å². The second kappa shape index (κ2) is 9.26. The van der Waals surface area contributed by atoms with Crippen molar-refractivity contribution in [3.8, 4) is 0 Å². The standard InChI is InChI=1S/C19H19N3O6/c1-12-4-3-5-16(22(26)27)19(12)21-17(24)11-28-18(25)10-14-6-8-15(9-7-14)20-13(2)23/h3-9H,10-11H2,1-2H3,(H,20,23)(H,21,24). The van der Waals surface area contributed by atoms with E-state index >= 15 is 0 Å². The molecule has 0 saturated heterocycles. The summed E-state index contributed by atoms with van der Waals surface area (Å²) >= 11 is 0. The maximum absolute atomic E-state index is 12.0. The lowest BCUT2D eigenvalue weighted by Crippen LogP contribution is -2.22. The number of carbonyl (C=O) groups is 3. The number of anilines is 2. The molecular formula is C19H19N3O6. The molecule has 0 aliphatic rings. The molecule has 2 aromatic carbocycles. The number of nitrogens with one attached hydrogen (secondary N) is 2. The molecule has 2 rings (SSSR count). The lowest BCUT2D eigenvalue weighted by atomic mass is 10.1. The molecule has 146 valence electrons. The SMILES string of the molecule is CC(=O)Nc1ccc(CC(=O)OCC(=O)Nc2c(C)cccc2[N+](=O)[O-])cc1. The summed E-state index contributed by atoms with van der Waals surface area (Å²) in [4.78, 5) is 45.3. The number of esters is 1. The number of rotatable bonds is 7. The zero-order valence-corrected chi connectivity index (χ0v) is 15.4. The van der Waals surface area contributed by atoms with Gasteiger partial charge in [-0.15, -0.1) is 0 Å². The Bertz CT molecular complexity index is 908. The predicted octanol–water partition coefficient (Wildman–Crippen LogP) is 2.59. The zero-order chi connectivity index (χ0) is 20.7. The van der Waals surface area contributed by atoms with Gasteiger partial charge in [-0.2, -0.15) is 0 Å². The van der Waals surface area contributed by atoms with Gasteiger partial charge in [-0.25, -0.2) is 0 Å². The number of para-hydroxylation sites is 1. The highest BCUT2D eigenvalue weighted by molar-refractivity contribution is 5.95. The molecule has 28 heavy (non-hydrogen) atoms. The van der Waals surface area contributed by atoms with Crippen molar-refractivity contribution < 1.29 is 24.0 Å². The van der Waals surface area contributed by atoms with Crippen molar-refractivity contribution in [2.24, 2.45) is 0 Å². The van der Waals surface area contributed by atoms with Crippen molar-refractivity contribution >= 4 is 34.8 Å². The average Bonchev–Trinajstić information content (AvgIpc) is 2.62. The van der Waals surface area contributed by atoms with Crippen LogP contribution in [0, 0.1) is 17.0 Å². The Morgan fingerprint density at radius 2 is 1.75 bits per heavy atom.